The third kappa shape index (κ3) is 4.40. The van der Waals surface area contributed by atoms with Crippen molar-refractivity contribution in [2.24, 2.45) is 5.92 Å². The van der Waals surface area contributed by atoms with Gasteiger partial charge in [0.25, 0.3) is 5.69 Å². The highest BCUT2D eigenvalue weighted by molar-refractivity contribution is 7.88. The van der Waals surface area contributed by atoms with Crippen LogP contribution in [0.1, 0.15) is 12.8 Å². The van der Waals surface area contributed by atoms with Crippen LogP contribution in [0.2, 0.25) is 5.02 Å². The normalized spacial score (nSPS) is 19.3. The van der Waals surface area contributed by atoms with Crippen LogP contribution in [-0.2, 0) is 14.8 Å². The Morgan fingerprint density at radius 3 is 2.78 bits per heavy atom. The fourth-order valence-electron chi connectivity index (χ4n) is 2.42. The van der Waals surface area contributed by atoms with Gasteiger partial charge in [-0.15, -0.1) is 0 Å². The number of rotatable bonds is 4. The second kappa shape index (κ2) is 6.81. The minimum absolute atomic E-state index is 0.0945. The fraction of sp³-hybridized carbons (Fsp3) is 0.462. The number of nitrogens with one attached hydrogen (secondary N) is 1. The molecule has 0 radical (unpaired) electrons. The van der Waals surface area contributed by atoms with Gasteiger partial charge in [-0.3, -0.25) is 14.9 Å². The first-order chi connectivity index (χ1) is 10.7. The number of carbonyl (C=O) groups is 1. The molecule has 1 atom stereocenters. The summed E-state index contributed by atoms with van der Waals surface area (Å²) in [7, 11) is -3.35. The number of benzene rings is 1. The quantitative estimate of drug-likeness (QED) is 0.650. The zero-order valence-corrected chi connectivity index (χ0v) is 13.9. The number of sulfonamides is 1. The number of hydrogen-bond donors (Lipinski definition) is 1. The molecule has 1 aromatic rings. The number of nitrogens with zero attached hydrogens (tertiary/aromatic N) is 2. The van der Waals surface area contributed by atoms with Gasteiger partial charge in [0.2, 0.25) is 15.9 Å². The third-order valence-corrected chi connectivity index (χ3v) is 5.24. The Kier molecular flexibility index (Phi) is 5.23. The lowest BCUT2D eigenvalue weighted by Gasteiger charge is -2.30. The molecule has 0 bridgehead atoms. The van der Waals surface area contributed by atoms with Crippen LogP contribution < -0.4 is 5.32 Å². The predicted octanol–water partition coefficient (Wildman–Crippen LogP) is 1.86. The van der Waals surface area contributed by atoms with Crippen LogP contribution in [0.4, 0.5) is 11.4 Å². The molecular weight excluding hydrogens is 346 g/mol. The monoisotopic (exact) mass is 361 g/mol. The van der Waals surface area contributed by atoms with E-state index in [1.807, 2.05) is 0 Å². The van der Waals surface area contributed by atoms with Crippen molar-refractivity contribution in [1.29, 1.82) is 0 Å². The van der Waals surface area contributed by atoms with E-state index in [1.165, 1.54) is 22.5 Å². The largest absolute Gasteiger partial charge is 0.324 e. The number of nitro benzene ring substituents is 1. The zero-order chi connectivity index (χ0) is 17.2. The van der Waals surface area contributed by atoms with Gasteiger partial charge < -0.3 is 5.32 Å². The Balaban J connectivity index is 2.13. The molecule has 10 heteroatoms. The summed E-state index contributed by atoms with van der Waals surface area (Å²) in [6, 6.07) is 3.75. The number of hydrogen-bond acceptors (Lipinski definition) is 5. The van der Waals surface area contributed by atoms with E-state index in [0.29, 0.717) is 19.4 Å². The molecule has 1 unspecified atom stereocenters. The van der Waals surface area contributed by atoms with Gasteiger partial charge in [-0.1, -0.05) is 11.6 Å². The van der Waals surface area contributed by atoms with E-state index in [4.69, 9.17) is 11.6 Å². The van der Waals surface area contributed by atoms with Crippen molar-refractivity contribution >= 4 is 38.9 Å². The average molecular weight is 362 g/mol. The molecule has 1 N–H and O–H groups in total. The van der Waals surface area contributed by atoms with Gasteiger partial charge in [-0.2, -0.15) is 0 Å². The molecule has 126 valence electrons. The van der Waals surface area contributed by atoms with Crippen LogP contribution in [0.15, 0.2) is 18.2 Å². The van der Waals surface area contributed by atoms with E-state index in [2.05, 4.69) is 5.32 Å². The smallest absolute Gasteiger partial charge is 0.271 e. The summed E-state index contributed by atoms with van der Waals surface area (Å²) < 4.78 is 24.4. The number of anilines is 1. The van der Waals surface area contributed by atoms with Crippen molar-refractivity contribution in [2.75, 3.05) is 24.7 Å². The van der Waals surface area contributed by atoms with Gasteiger partial charge in [0.15, 0.2) is 0 Å². The summed E-state index contributed by atoms with van der Waals surface area (Å²) in [6.07, 6.45) is 2.23. The molecule has 8 nitrogen and oxygen atoms in total. The van der Waals surface area contributed by atoms with E-state index in [9.17, 15) is 23.3 Å². The molecule has 23 heavy (non-hydrogen) atoms. The van der Waals surface area contributed by atoms with Gasteiger partial charge in [0.05, 0.1) is 27.8 Å². The summed E-state index contributed by atoms with van der Waals surface area (Å²) in [6.45, 7) is 0.484. The van der Waals surface area contributed by atoms with Gasteiger partial charge in [0, 0.05) is 25.2 Å². The first-order valence-corrected chi connectivity index (χ1v) is 9.11. The lowest BCUT2D eigenvalue weighted by molar-refractivity contribution is -0.384. The highest BCUT2D eigenvalue weighted by Crippen LogP contribution is 2.28. The fourth-order valence-corrected chi connectivity index (χ4v) is 3.49. The van der Waals surface area contributed by atoms with Crippen molar-refractivity contribution in [2.45, 2.75) is 12.8 Å². The van der Waals surface area contributed by atoms with Crippen molar-refractivity contribution in [3.8, 4) is 0 Å². The summed E-state index contributed by atoms with van der Waals surface area (Å²) in [5.74, 6) is -0.922. The third-order valence-electron chi connectivity index (χ3n) is 3.64. The molecule has 0 saturated carbocycles. The summed E-state index contributed by atoms with van der Waals surface area (Å²) in [5.41, 5.74) is -0.0477. The van der Waals surface area contributed by atoms with E-state index in [1.54, 1.807) is 0 Å². The number of halogens is 1. The first kappa shape index (κ1) is 17.6. The van der Waals surface area contributed by atoms with Crippen LogP contribution in [0.3, 0.4) is 0 Å². The minimum Gasteiger partial charge on any atom is -0.324 e. The molecule has 2 rings (SSSR count). The summed E-state index contributed by atoms with van der Waals surface area (Å²) >= 11 is 5.94. The molecule has 0 aliphatic carbocycles. The lowest BCUT2D eigenvalue weighted by atomic mass is 9.98. The van der Waals surface area contributed by atoms with Gasteiger partial charge in [0.1, 0.15) is 0 Å². The van der Waals surface area contributed by atoms with Crippen LogP contribution in [0.5, 0.6) is 0 Å². The molecule has 1 aromatic carbocycles. The maximum atomic E-state index is 12.3. The summed E-state index contributed by atoms with van der Waals surface area (Å²) in [4.78, 5) is 22.5. The molecule has 1 saturated heterocycles. The van der Waals surface area contributed by atoms with Crippen molar-refractivity contribution in [1.82, 2.24) is 4.31 Å². The Bertz CT molecular complexity index is 737. The maximum Gasteiger partial charge on any atom is 0.271 e. The van der Waals surface area contributed by atoms with E-state index in [0.717, 1.165) is 6.26 Å². The molecule has 1 aliphatic heterocycles. The minimum atomic E-state index is -3.35. The molecule has 0 aromatic heterocycles. The molecule has 1 heterocycles. The Morgan fingerprint density at radius 2 is 2.17 bits per heavy atom. The number of nitro groups is 1. The number of carbonyl (C=O) groups excluding carboxylic acids is 1. The highest BCUT2D eigenvalue weighted by Gasteiger charge is 2.30. The second-order valence-electron chi connectivity index (χ2n) is 5.37. The van der Waals surface area contributed by atoms with E-state index in [-0.39, 0.29) is 22.9 Å². The van der Waals surface area contributed by atoms with Crippen LogP contribution in [0, 0.1) is 16.0 Å². The standard InChI is InChI=1S/C13H16ClN3O5S/c1-23(21,22)16-6-2-3-9(8-16)13(18)15-12-7-10(17(19)20)4-5-11(12)14/h4-5,7,9H,2-3,6,8H2,1H3,(H,15,18). The number of amides is 1. The van der Waals surface area contributed by atoms with Crippen molar-refractivity contribution in [3.05, 3.63) is 33.3 Å². The summed E-state index contributed by atoms with van der Waals surface area (Å²) in [5, 5.41) is 13.5. The average Bonchev–Trinajstić information content (AvgIpc) is 2.48. The number of piperidine rings is 1. The van der Waals surface area contributed by atoms with Gasteiger partial charge in [-0.05, 0) is 18.9 Å². The van der Waals surface area contributed by atoms with Crippen molar-refractivity contribution in [3.63, 3.8) is 0 Å². The Labute approximate surface area is 138 Å². The van der Waals surface area contributed by atoms with E-state index < -0.39 is 26.8 Å². The van der Waals surface area contributed by atoms with E-state index >= 15 is 0 Å². The second-order valence-corrected chi connectivity index (χ2v) is 7.76. The predicted molar refractivity (Wildman–Crippen MR) is 85.9 cm³/mol. The van der Waals surface area contributed by atoms with Crippen LogP contribution in [-0.4, -0.2) is 42.9 Å². The molecule has 1 aliphatic rings. The van der Waals surface area contributed by atoms with Crippen LogP contribution in [0.25, 0.3) is 0 Å². The topological polar surface area (TPSA) is 110 Å². The van der Waals surface area contributed by atoms with Gasteiger partial charge >= 0.3 is 0 Å². The first-order valence-electron chi connectivity index (χ1n) is 6.88. The Morgan fingerprint density at radius 1 is 1.48 bits per heavy atom. The SMILES string of the molecule is CS(=O)(=O)N1CCCC(C(=O)Nc2cc([N+](=O)[O-])ccc2Cl)C1. The molecular formula is C13H16ClN3O5S. The Hall–Kier alpha value is -1.71. The maximum absolute atomic E-state index is 12.3. The lowest BCUT2D eigenvalue weighted by Crippen LogP contribution is -2.43. The molecule has 1 fully saturated rings. The number of non-ortho nitro benzene ring substituents is 1. The van der Waals surface area contributed by atoms with Gasteiger partial charge in [-0.25, -0.2) is 12.7 Å². The zero-order valence-electron chi connectivity index (χ0n) is 12.4. The van der Waals surface area contributed by atoms with Crippen molar-refractivity contribution < 1.29 is 18.1 Å². The molecule has 1 amide bonds. The highest BCUT2D eigenvalue weighted by atomic mass is 35.5. The molecule has 0 spiro atoms. The van der Waals surface area contributed by atoms with Crippen LogP contribution >= 0.6 is 11.6 Å².